The fraction of sp³-hybridized carbons (Fsp3) is 0.333. The first-order chi connectivity index (χ1) is 11.5. The molecule has 2 aromatic rings. The van der Waals surface area contributed by atoms with Crippen LogP contribution < -0.4 is 10.9 Å². The van der Waals surface area contributed by atoms with Gasteiger partial charge in [-0.1, -0.05) is 11.3 Å². The molecule has 0 bridgehead atoms. The standard InChI is InChI=1S/C15H16N4O4S/c1-18-6-3-4-9(12(18)20)13(21)19-7-5-10-11(8-19)24-14(16-10)17-15(22)23-2/h3-4,6H,5,7-8H2,1-2H3,(H,16,17,22). The minimum Gasteiger partial charge on any atom is -0.453 e. The Kier molecular flexibility index (Phi) is 4.34. The third-order valence-corrected chi connectivity index (χ3v) is 4.76. The van der Waals surface area contributed by atoms with E-state index in [1.54, 1.807) is 24.2 Å². The molecule has 0 unspecified atom stereocenters. The largest absolute Gasteiger partial charge is 0.453 e. The van der Waals surface area contributed by atoms with E-state index in [1.165, 1.54) is 29.1 Å². The van der Waals surface area contributed by atoms with Gasteiger partial charge >= 0.3 is 6.09 Å². The van der Waals surface area contributed by atoms with Gasteiger partial charge in [-0.05, 0) is 12.1 Å². The van der Waals surface area contributed by atoms with E-state index in [0.717, 1.165) is 10.6 Å². The van der Waals surface area contributed by atoms with Gasteiger partial charge in [0.15, 0.2) is 5.13 Å². The van der Waals surface area contributed by atoms with E-state index < -0.39 is 6.09 Å². The number of thiazole rings is 1. The van der Waals surface area contributed by atoms with E-state index in [9.17, 15) is 14.4 Å². The number of ether oxygens (including phenoxy) is 1. The quantitative estimate of drug-likeness (QED) is 0.881. The number of rotatable bonds is 2. The Morgan fingerprint density at radius 3 is 2.96 bits per heavy atom. The van der Waals surface area contributed by atoms with Gasteiger partial charge in [-0.15, -0.1) is 0 Å². The predicted molar refractivity (Wildman–Crippen MR) is 88.3 cm³/mol. The zero-order valence-electron chi connectivity index (χ0n) is 13.2. The maximum absolute atomic E-state index is 12.6. The van der Waals surface area contributed by atoms with Crippen LogP contribution in [0.2, 0.25) is 0 Å². The van der Waals surface area contributed by atoms with Gasteiger partial charge in [-0.3, -0.25) is 14.9 Å². The number of fused-ring (bicyclic) bond motifs is 1. The van der Waals surface area contributed by atoms with E-state index in [0.29, 0.717) is 24.6 Å². The Bertz CT molecular complexity index is 857. The fourth-order valence-corrected chi connectivity index (χ4v) is 3.50. The van der Waals surface area contributed by atoms with Crippen molar-refractivity contribution in [2.75, 3.05) is 19.0 Å². The molecular formula is C15H16N4O4S. The summed E-state index contributed by atoms with van der Waals surface area (Å²) in [6.07, 6.45) is 1.61. The van der Waals surface area contributed by atoms with Gasteiger partial charge in [0, 0.05) is 31.1 Å². The molecule has 1 aliphatic heterocycles. The molecule has 0 saturated heterocycles. The average Bonchev–Trinajstić information content (AvgIpc) is 2.97. The lowest BCUT2D eigenvalue weighted by molar-refractivity contribution is 0.0733. The number of carbonyl (C=O) groups excluding carboxylic acids is 2. The zero-order chi connectivity index (χ0) is 17.3. The highest BCUT2D eigenvalue weighted by Crippen LogP contribution is 2.28. The van der Waals surface area contributed by atoms with Crippen LogP contribution in [0.4, 0.5) is 9.93 Å². The van der Waals surface area contributed by atoms with Crippen LogP contribution in [0.1, 0.15) is 20.9 Å². The van der Waals surface area contributed by atoms with Gasteiger partial charge in [0.1, 0.15) is 5.56 Å². The van der Waals surface area contributed by atoms with Crippen molar-refractivity contribution in [3.63, 3.8) is 0 Å². The first kappa shape index (κ1) is 16.2. The van der Waals surface area contributed by atoms with E-state index in [2.05, 4.69) is 15.0 Å². The van der Waals surface area contributed by atoms with Gasteiger partial charge in [-0.2, -0.15) is 0 Å². The maximum Gasteiger partial charge on any atom is 0.413 e. The highest BCUT2D eigenvalue weighted by Gasteiger charge is 2.26. The summed E-state index contributed by atoms with van der Waals surface area (Å²) in [5, 5.41) is 2.97. The topological polar surface area (TPSA) is 93.5 Å². The van der Waals surface area contributed by atoms with Crippen molar-refractivity contribution in [3.05, 3.63) is 44.8 Å². The highest BCUT2D eigenvalue weighted by molar-refractivity contribution is 7.15. The van der Waals surface area contributed by atoms with Crippen LogP contribution in [-0.2, 0) is 24.8 Å². The summed E-state index contributed by atoms with van der Waals surface area (Å²) < 4.78 is 5.93. The smallest absolute Gasteiger partial charge is 0.413 e. The van der Waals surface area contributed by atoms with Crippen LogP contribution >= 0.6 is 11.3 Å². The molecule has 0 spiro atoms. The molecule has 0 aromatic carbocycles. The molecule has 2 amide bonds. The molecule has 3 rings (SSSR count). The summed E-state index contributed by atoms with van der Waals surface area (Å²) in [6, 6.07) is 3.21. The van der Waals surface area contributed by atoms with Crippen molar-refractivity contribution in [1.82, 2.24) is 14.5 Å². The maximum atomic E-state index is 12.6. The molecule has 1 N–H and O–H groups in total. The molecule has 9 heteroatoms. The Balaban J connectivity index is 1.79. The third kappa shape index (κ3) is 3.02. The van der Waals surface area contributed by atoms with Crippen molar-refractivity contribution in [2.45, 2.75) is 13.0 Å². The normalized spacial score (nSPS) is 13.3. The Morgan fingerprint density at radius 2 is 2.21 bits per heavy atom. The van der Waals surface area contributed by atoms with E-state index in [-0.39, 0.29) is 17.0 Å². The molecule has 3 heterocycles. The van der Waals surface area contributed by atoms with E-state index in [1.807, 2.05) is 0 Å². The first-order valence-electron chi connectivity index (χ1n) is 7.28. The molecular weight excluding hydrogens is 332 g/mol. The minimum atomic E-state index is -0.582. The van der Waals surface area contributed by atoms with Crippen LogP contribution in [0.25, 0.3) is 0 Å². The number of hydrogen-bond acceptors (Lipinski definition) is 6. The number of aryl methyl sites for hydroxylation is 1. The van der Waals surface area contributed by atoms with Crippen LogP contribution in [0.15, 0.2) is 23.1 Å². The van der Waals surface area contributed by atoms with Crippen molar-refractivity contribution in [2.24, 2.45) is 7.05 Å². The summed E-state index contributed by atoms with van der Waals surface area (Å²) in [5.41, 5.74) is 0.697. The second-order valence-electron chi connectivity index (χ2n) is 5.32. The van der Waals surface area contributed by atoms with Crippen LogP contribution in [0.3, 0.4) is 0 Å². The van der Waals surface area contributed by atoms with Gasteiger partial charge < -0.3 is 14.2 Å². The minimum absolute atomic E-state index is 0.154. The number of anilines is 1. The first-order valence-corrected chi connectivity index (χ1v) is 8.09. The molecule has 0 fully saturated rings. The highest BCUT2D eigenvalue weighted by atomic mass is 32.1. The molecule has 24 heavy (non-hydrogen) atoms. The van der Waals surface area contributed by atoms with Gasteiger partial charge in [0.25, 0.3) is 11.5 Å². The van der Waals surface area contributed by atoms with Gasteiger partial charge in [-0.25, -0.2) is 9.78 Å². The number of carbonyl (C=O) groups is 2. The number of methoxy groups -OCH3 is 1. The second kappa shape index (κ2) is 6.44. The monoisotopic (exact) mass is 348 g/mol. The number of aromatic nitrogens is 2. The summed E-state index contributed by atoms with van der Waals surface area (Å²) in [6.45, 7) is 0.845. The average molecular weight is 348 g/mol. The number of pyridine rings is 1. The molecule has 0 saturated carbocycles. The molecule has 2 aromatic heterocycles. The zero-order valence-corrected chi connectivity index (χ0v) is 14.1. The summed E-state index contributed by atoms with van der Waals surface area (Å²) in [7, 11) is 2.89. The van der Waals surface area contributed by atoms with E-state index in [4.69, 9.17) is 0 Å². The van der Waals surface area contributed by atoms with Crippen molar-refractivity contribution in [3.8, 4) is 0 Å². The van der Waals surface area contributed by atoms with E-state index >= 15 is 0 Å². The predicted octanol–water partition coefficient (Wildman–Crippen LogP) is 1.22. The molecule has 1 aliphatic rings. The molecule has 0 aliphatic carbocycles. The van der Waals surface area contributed by atoms with Gasteiger partial charge in [0.2, 0.25) is 0 Å². The molecule has 0 radical (unpaired) electrons. The lowest BCUT2D eigenvalue weighted by Crippen LogP contribution is -2.39. The Morgan fingerprint density at radius 1 is 1.42 bits per heavy atom. The number of nitrogens with zero attached hydrogens (tertiary/aromatic N) is 3. The van der Waals surface area contributed by atoms with Crippen LogP contribution in [-0.4, -0.2) is 40.1 Å². The summed E-state index contributed by atoms with van der Waals surface area (Å²) >= 11 is 1.30. The fourth-order valence-electron chi connectivity index (χ4n) is 2.49. The lowest BCUT2D eigenvalue weighted by Gasteiger charge is -2.25. The van der Waals surface area contributed by atoms with Crippen molar-refractivity contribution in [1.29, 1.82) is 0 Å². The third-order valence-electron chi connectivity index (χ3n) is 3.77. The SMILES string of the molecule is COC(=O)Nc1nc2c(s1)CN(C(=O)c1cccn(C)c1=O)CC2. The number of nitrogens with one attached hydrogen (secondary N) is 1. The second-order valence-corrected chi connectivity index (χ2v) is 6.40. The van der Waals surface area contributed by atoms with Crippen LogP contribution in [0.5, 0.6) is 0 Å². The Labute approximate surface area is 141 Å². The summed E-state index contributed by atoms with van der Waals surface area (Å²) in [4.78, 5) is 42.8. The summed E-state index contributed by atoms with van der Waals surface area (Å²) in [5.74, 6) is -0.294. The molecule has 0 atom stereocenters. The van der Waals surface area contributed by atoms with Gasteiger partial charge in [0.05, 0.1) is 19.3 Å². The van der Waals surface area contributed by atoms with Crippen molar-refractivity contribution >= 4 is 28.5 Å². The van der Waals surface area contributed by atoms with Crippen molar-refractivity contribution < 1.29 is 14.3 Å². The molecule has 8 nitrogen and oxygen atoms in total. The molecule has 126 valence electrons. The Hall–Kier alpha value is -2.68. The number of amides is 2. The van der Waals surface area contributed by atoms with Crippen LogP contribution in [0, 0.1) is 0 Å². The number of hydrogen-bond donors (Lipinski definition) is 1. The lowest BCUT2D eigenvalue weighted by atomic mass is 10.1.